The number of hydrogen-bond acceptors (Lipinski definition) is 4. The normalized spacial score (nSPS) is 15.8. The van der Waals surface area contributed by atoms with E-state index in [-0.39, 0.29) is 24.0 Å². The maximum atomic E-state index is 5.47. The Morgan fingerprint density at radius 1 is 1.18 bits per heavy atom. The van der Waals surface area contributed by atoms with Crippen LogP contribution < -0.4 is 10.1 Å². The highest BCUT2D eigenvalue weighted by Crippen LogP contribution is 2.18. The fourth-order valence-corrected chi connectivity index (χ4v) is 3.34. The number of likely N-dealkylation sites (N-methyl/N-ethyl adjacent to an activating group) is 1. The molecule has 1 aromatic rings. The van der Waals surface area contributed by atoms with Gasteiger partial charge >= 0.3 is 0 Å². The van der Waals surface area contributed by atoms with E-state index in [9.17, 15) is 0 Å². The molecule has 1 N–H and O–H groups in total. The van der Waals surface area contributed by atoms with E-state index in [1.807, 2.05) is 18.2 Å². The summed E-state index contributed by atoms with van der Waals surface area (Å²) in [6, 6.07) is 8.16. The third-order valence-corrected chi connectivity index (χ3v) is 5.04. The minimum Gasteiger partial charge on any atom is -0.496 e. The first-order valence-electron chi connectivity index (χ1n) is 10.2. The number of guanidine groups is 1. The summed E-state index contributed by atoms with van der Waals surface area (Å²) in [5, 5.41) is 3.40. The predicted molar refractivity (Wildman–Crippen MR) is 129 cm³/mol. The van der Waals surface area contributed by atoms with E-state index in [4.69, 9.17) is 9.73 Å². The van der Waals surface area contributed by atoms with E-state index in [2.05, 4.69) is 47.1 Å². The quantitative estimate of drug-likeness (QED) is 0.243. The van der Waals surface area contributed by atoms with E-state index >= 15 is 0 Å². The number of benzene rings is 1. The number of hydrogen-bond donors (Lipinski definition) is 1. The summed E-state index contributed by atoms with van der Waals surface area (Å²) in [7, 11) is 6.01. The molecule has 2 rings (SSSR count). The lowest BCUT2D eigenvalue weighted by atomic mass is 10.2. The first-order chi connectivity index (χ1) is 13.1. The maximum Gasteiger partial charge on any atom is 0.193 e. The molecule has 0 bridgehead atoms. The van der Waals surface area contributed by atoms with Crippen LogP contribution in [0.25, 0.3) is 0 Å². The fourth-order valence-electron chi connectivity index (χ4n) is 3.34. The van der Waals surface area contributed by atoms with Crippen LogP contribution in [0.1, 0.15) is 25.3 Å². The molecule has 0 unspecified atom stereocenters. The highest BCUT2D eigenvalue weighted by atomic mass is 127. The molecular formula is C21H38IN5O. The number of rotatable bonds is 9. The minimum absolute atomic E-state index is 0. The van der Waals surface area contributed by atoms with Crippen LogP contribution in [-0.4, -0.2) is 87.7 Å². The van der Waals surface area contributed by atoms with Gasteiger partial charge in [-0.05, 0) is 39.4 Å². The Kier molecular flexibility index (Phi) is 12.5. The van der Waals surface area contributed by atoms with Gasteiger partial charge in [-0.15, -0.1) is 24.0 Å². The zero-order chi connectivity index (χ0) is 19.5. The first-order valence-corrected chi connectivity index (χ1v) is 10.2. The lowest BCUT2D eigenvalue weighted by molar-refractivity contribution is 0.152. The Morgan fingerprint density at radius 2 is 1.89 bits per heavy atom. The number of halogens is 1. The van der Waals surface area contributed by atoms with Crippen molar-refractivity contribution >= 4 is 29.9 Å². The molecule has 1 aromatic carbocycles. The fraction of sp³-hybridized carbons (Fsp3) is 0.667. The standard InChI is InChI=1S/C21H37N5O.HI/c1-5-22-21(25(3)18-19-10-6-7-11-20(19)27-4)23-12-8-9-13-26-16-14-24(2)15-17-26;/h6-7,10-11H,5,8-9,12-18H2,1-4H3,(H,22,23);1H. The molecule has 0 saturated carbocycles. The number of ether oxygens (including phenoxy) is 1. The van der Waals surface area contributed by atoms with Crippen molar-refractivity contribution in [2.45, 2.75) is 26.3 Å². The molecule has 1 heterocycles. The van der Waals surface area contributed by atoms with Gasteiger partial charge in [0.1, 0.15) is 5.75 Å². The average molecular weight is 503 g/mol. The van der Waals surface area contributed by atoms with Gasteiger partial charge in [-0.1, -0.05) is 18.2 Å². The third kappa shape index (κ3) is 8.53. The van der Waals surface area contributed by atoms with Crippen LogP contribution in [0.3, 0.4) is 0 Å². The average Bonchev–Trinajstić information content (AvgIpc) is 2.68. The SMILES string of the molecule is CCNC(=NCCCCN1CCN(C)CC1)N(C)Cc1ccccc1OC.I. The van der Waals surface area contributed by atoms with Gasteiger partial charge in [-0.3, -0.25) is 4.99 Å². The molecule has 0 spiro atoms. The molecule has 0 aromatic heterocycles. The lowest BCUT2D eigenvalue weighted by Gasteiger charge is -2.32. The summed E-state index contributed by atoms with van der Waals surface area (Å²) in [4.78, 5) is 12.0. The van der Waals surface area contributed by atoms with Crippen molar-refractivity contribution in [3.63, 3.8) is 0 Å². The highest BCUT2D eigenvalue weighted by molar-refractivity contribution is 14.0. The van der Waals surface area contributed by atoms with E-state index in [0.29, 0.717) is 0 Å². The number of nitrogens with one attached hydrogen (secondary N) is 1. The summed E-state index contributed by atoms with van der Waals surface area (Å²) in [6.45, 7) is 10.6. The van der Waals surface area contributed by atoms with Crippen molar-refractivity contribution in [1.29, 1.82) is 0 Å². The van der Waals surface area contributed by atoms with Crippen molar-refractivity contribution in [3.05, 3.63) is 29.8 Å². The third-order valence-electron chi connectivity index (χ3n) is 5.04. The van der Waals surface area contributed by atoms with Gasteiger partial charge in [0, 0.05) is 58.4 Å². The molecule has 0 aliphatic carbocycles. The Morgan fingerprint density at radius 3 is 2.57 bits per heavy atom. The molecule has 0 atom stereocenters. The van der Waals surface area contributed by atoms with Crippen molar-refractivity contribution in [1.82, 2.24) is 20.0 Å². The van der Waals surface area contributed by atoms with Crippen LogP contribution in [0.2, 0.25) is 0 Å². The van der Waals surface area contributed by atoms with Crippen LogP contribution >= 0.6 is 24.0 Å². The van der Waals surface area contributed by atoms with Gasteiger partial charge in [0.25, 0.3) is 0 Å². The second kappa shape index (κ2) is 14.0. The van der Waals surface area contributed by atoms with Crippen molar-refractivity contribution in [3.8, 4) is 5.75 Å². The van der Waals surface area contributed by atoms with Crippen molar-refractivity contribution in [2.75, 3.05) is 67.0 Å². The molecule has 28 heavy (non-hydrogen) atoms. The second-order valence-electron chi connectivity index (χ2n) is 7.26. The minimum atomic E-state index is 0. The molecule has 0 amide bonds. The summed E-state index contributed by atoms with van der Waals surface area (Å²) in [5.41, 5.74) is 1.17. The monoisotopic (exact) mass is 503 g/mol. The largest absolute Gasteiger partial charge is 0.496 e. The maximum absolute atomic E-state index is 5.47. The number of aliphatic imine (C=N–C) groups is 1. The van der Waals surface area contributed by atoms with Gasteiger partial charge in [0.05, 0.1) is 7.11 Å². The predicted octanol–water partition coefficient (Wildman–Crippen LogP) is 2.74. The Bertz CT molecular complexity index is 576. The molecule has 1 aliphatic heterocycles. The van der Waals surface area contributed by atoms with Crippen molar-refractivity contribution in [2.24, 2.45) is 4.99 Å². The van der Waals surface area contributed by atoms with E-state index in [1.165, 1.54) is 44.7 Å². The molecule has 1 aliphatic rings. The number of para-hydroxylation sites is 1. The van der Waals surface area contributed by atoms with E-state index < -0.39 is 0 Å². The van der Waals surface area contributed by atoms with E-state index in [1.54, 1.807) is 7.11 Å². The van der Waals surface area contributed by atoms with Gasteiger partial charge in [0.15, 0.2) is 5.96 Å². The van der Waals surface area contributed by atoms with Crippen LogP contribution in [0, 0.1) is 0 Å². The summed E-state index contributed by atoms with van der Waals surface area (Å²) in [6.07, 6.45) is 2.34. The van der Waals surface area contributed by atoms with Crippen LogP contribution in [-0.2, 0) is 6.54 Å². The second-order valence-corrected chi connectivity index (χ2v) is 7.26. The van der Waals surface area contributed by atoms with Gasteiger partial charge in [0.2, 0.25) is 0 Å². The molecule has 0 radical (unpaired) electrons. The lowest BCUT2D eigenvalue weighted by Crippen LogP contribution is -2.44. The zero-order valence-electron chi connectivity index (χ0n) is 18.0. The highest BCUT2D eigenvalue weighted by Gasteiger charge is 2.13. The zero-order valence-corrected chi connectivity index (χ0v) is 20.3. The van der Waals surface area contributed by atoms with Crippen LogP contribution in [0.15, 0.2) is 29.3 Å². The molecule has 1 saturated heterocycles. The van der Waals surface area contributed by atoms with Gasteiger partial charge in [-0.25, -0.2) is 0 Å². The van der Waals surface area contributed by atoms with Gasteiger partial charge < -0.3 is 24.8 Å². The summed E-state index contributed by atoms with van der Waals surface area (Å²) in [5.74, 6) is 1.88. The number of unbranched alkanes of at least 4 members (excludes halogenated alkanes) is 1. The van der Waals surface area contributed by atoms with Crippen molar-refractivity contribution < 1.29 is 4.74 Å². The molecular weight excluding hydrogens is 465 g/mol. The number of methoxy groups -OCH3 is 1. The Balaban J connectivity index is 0.00000392. The van der Waals surface area contributed by atoms with Crippen LogP contribution in [0.5, 0.6) is 5.75 Å². The number of nitrogens with zero attached hydrogens (tertiary/aromatic N) is 4. The molecule has 160 valence electrons. The molecule has 7 heteroatoms. The van der Waals surface area contributed by atoms with Crippen LogP contribution in [0.4, 0.5) is 0 Å². The number of piperazine rings is 1. The van der Waals surface area contributed by atoms with Gasteiger partial charge in [-0.2, -0.15) is 0 Å². The topological polar surface area (TPSA) is 43.3 Å². The molecule has 1 fully saturated rings. The Hall–Kier alpha value is -1.06. The molecule has 6 nitrogen and oxygen atoms in total. The first kappa shape index (κ1) is 25.0. The summed E-state index contributed by atoms with van der Waals surface area (Å²) < 4.78 is 5.47. The summed E-state index contributed by atoms with van der Waals surface area (Å²) >= 11 is 0. The smallest absolute Gasteiger partial charge is 0.193 e. The van der Waals surface area contributed by atoms with E-state index in [0.717, 1.165) is 37.8 Å². The Labute approximate surface area is 188 Å².